The van der Waals surface area contributed by atoms with E-state index in [1.54, 1.807) is 23.4 Å². The van der Waals surface area contributed by atoms with E-state index in [0.717, 1.165) is 6.42 Å². The highest BCUT2D eigenvalue weighted by molar-refractivity contribution is 5.82. The molecule has 8 heteroatoms. The molecule has 2 fully saturated rings. The van der Waals surface area contributed by atoms with Crippen LogP contribution in [-0.4, -0.2) is 72.2 Å². The Bertz CT molecular complexity index is 540. The van der Waals surface area contributed by atoms with Crippen molar-refractivity contribution in [3.63, 3.8) is 0 Å². The zero-order valence-corrected chi connectivity index (χ0v) is 12.9. The number of esters is 1. The molecule has 0 saturated carbocycles. The summed E-state index contributed by atoms with van der Waals surface area (Å²) < 4.78 is 10.3. The third-order valence-corrected chi connectivity index (χ3v) is 4.00. The second-order valence-electron chi connectivity index (χ2n) is 5.53. The standard InChI is InChI=1S/C15H20N4O4/c20-13(11-23-14(21)12-3-1-10-22-12)18-6-8-19(9-7-18)15-16-4-2-5-17-15/h2,4-5,12H,1,3,6-11H2/t12-/m1/s1. The lowest BCUT2D eigenvalue weighted by Crippen LogP contribution is -2.50. The SMILES string of the molecule is O=C(OCC(=O)N1CCN(c2ncccn2)CC1)[C@H]1CCCO1. The van der Waals surface area contributed by atoms with Crippen LogP contribution in [0, 0.1) is 0 Å². The van der Waals surface area contributed by atoms with Gasteiger partial charge in [0, 0.05) is 45.2 Å². The van der Waals surface area contributed by atoms with Gasteiger partial charge < -0.3 is 19.3 Å². The number of hydrogen-bond donors (Lipinski definition) is 0. The van der Waals surface area contributed by atoms with Gasteiger partial charge in [-0.3, -0.25) is 4.79 Å². The molecule has 1 atom stereocenters. The Kier molecular flexibility index (Phi) is 5.02. The van der Waals surface area contributed by atoms with Crippen molar-refractivity contribution in [3.8, 4) is 0 Å². The van der Waals surface area contributed by atoms with Crippen LogP contribution >= 0.6 is 0 Å². The van der Waals surface area contributed by atoms with Gasteiger partial charge in [-0.25, -0.2) is 14.8 Å². The number of carbonyl (C=O) groups is 2. The maximum atomic E-state index is 12.1. The lowest BCUT2D eigenvalue weighted by Gasteiger charge is -2.34. The predicted molar refractivity (Wildman–Crippen MR) is 80.8 cm³/mol. The fourth-order valence-electron chi connectivity index (χ4n) is 2.69. The van der Waals surface area contributed by atoms with Crippen LogP contribution in [0.1, 0.15) is 12.8 Å². The summed E-state index contributed by atoms with van der Waals surface area (Å²) in [5, 5.41) is 0. The molecule has 2 aliphatic rings. The van der Waals surface area contributed by atoms with Crippen LogP contribution in [0.3, 0.4) is 0 Å². The molecule has 0 unspecified atom stereocenters. The molecule has 2 aliphatic heterocycles. The summed E-state index contributed by atoms with van der Waals surface area (Å²) in [5.74, 6) is 0.0570. The summed E-state index contributed by atoms with van der Waals surface area (Å²) in [6, 6.07) is 1.77. The maximum absolute atomic E-state index is 12.1. The van der Waals surface area contributed by atoms with E-state index in [9.17, 15) is 9.59 Å². The van der Waals surface area contributed by atoms with Gasteiger partial charge in [-0.2, -0.15) is 0 Å². The zero-order valence-electron chi connectivity index (χ0n) is 12.9. The van der Waals surface area contributed by atoms with Gasteiger partial charge in [0.05, 0.1) is 0 Å². The van der Waals surface area contributed by atoms with Crippen LogP contribution in [0.15, 0.2) is 18.5 Å². The second kappa shape index (κ2) is 7.36. The summed E-state index contributed by atoms with van der Waals surface area (Å²) in [5.41, 5.74) is 0. The molecule has 2 saturated heterocycles. The normalized spacial score (nSPS) is 21.3. The minimum Gasteiger partial charge on any atom is -0.454 e. The quantitative estimate of drug-likeness (QED) is 0.713. The Hall–Kier alpha value is -2.22. The molecule has 3 heterocycles. The Labute approximate surface area is 134 Å². The molecule has 0 radical (unpaired) electrons. The molecule has 8 nitrogen and oxygen atoms in total. The fourth-order valence-corrected chi connectivity index (χ4v) is 2.69. The van der Waals surface area contributed by atoms with Gasteiger partial charge in [0.1, 0.15) is 0 Å². The van der Waals surface area contributed by atoms with Gasteiger partial charge in [-0.15, -0.1) is 0 Å². The fraction of sp³-hybridized carbons (Fsp3) is 0.600. The average Bonchev–Trinajstić information content (AvgIpc) is 3.15. The smallest absolute Gasteiger partial charge is 0.335 e. The van der Waals surface area contributed by atoms with Crippen molar-refractivity contribution >= 4 is 17.8 Å². The number of piperazine rings is 1. The maximum Gasteiger partial charge on any atom is 0.335 e. The summed E-state index contributed by atoms with van der Waals surface area (Å²) >= 11 is 0. The van der Waals surface area contributed by atoms with Gasteiger partial charge in [0.25, 0.3) is 5.91 Å². The zero-order chi connectivity index (χ0) is 16.1. The second-order valence-corrected chi connectivity index (χ2v) is 5.53. The predicted octanol–water partition coefficient (Wildman–Crippen LogP) is -0.153. The van der Waals surface area contributed by atoms with Crippen molar-refractivity contribution < 1.29 is 19.1 Å². The highest BCUT2D eigenvalue weighted by atomic mass is 16.6. The molecule has 0 N–H and O–H groups in total. The summed E-state index contributed by atoms with van der Waals surface area (Å²) in [6.07, 6.45) is 4.42. The molecule has 0 aromatic carbocycles. The van der Waals surface area contributed by atoms with Gasteiger partial charge in [0.15, 0.2) is 12.7 Å². The first-order chi connectivity index (χ1) is 11.2. The molecule has 0 bridgehead atoms. The topological polar surface area (TPSA) is 84.9 Å². The average molecular weight is 320 g/mol. The van der Waals surface area contributed by atoms with Crippen molar-refractivity contribution in [3.05, 3.63) is 18.5 Å². The summed E-state index contributed by atoms with van der Waals surface area (Å²) in [7, 11) is 0. The molecule has 1 aromatic rings. The number of nitrogens with zero attached hydrogens (tertiary/aromatic N) is 4. The van der Waals surface area contributed by atoms with Gasteiger partial charge in [-0.05, 0) is 18.9 Å². The van der Waals surface area contributed by atoms with Crippen molar-refractivity contribution in [2.24, 2.45) is 0 Å². The minimum atomic E-state index is -0.505. The van der Waals surface area contributed by atoms with E-state index in [-0.39, 0.29) is 12.5 Å². The number of aromatic nitrogens is 2. The largest absolute Gasteiger partial charge is 0.454 e. The van der Waals surface area contributed by atoms with Crippen LogP contribution in [0.5, 0.6) is 0 Å². The molecule has 0 spiro atoms. The van der Waals surface area contributed by atoms with Crippen molar-refractivity contribution in [1.29, 1.82) is 0 Å². The van der Waals surface area contributed by atoms with E-state index < -0.39 is 12.1 Å². The minimum absolute atomic E-state index is 0.176. The lowest BCUT2D eigenvalue weighted by atomic mass is 10.2. The molecule has 23 heavy (non-hydrogen) atoms. The molecule has 1 amide bonds. The van der Waals surface area contributed by atoms with E-state index in [1.807, 2.05) is 4.90 Å². The van der Waals surface area contributed by atoms with Crippen LogP contribution < -0.4 is 4.90 Å². The number of amides is 1. The van der Waals surface area contributed by atoms with Crippen LogP contribution in [0.4, 0.5) is 5.95 Å². The summed E-state index contributed by atoms with van der Waals surface area (Å²) in [4.78, 5) is 36.0. The number of hydrogen-bond acceptors (Lipinski definition) is 7. The molecule has 0 aliphatic carbocycles. The van der Waals surface area contributed by atoms with Gasteiger partial charge in [0.2, 0.25) is 5.95 Å². The Morgan fingerprint density at radius 3 is 2.61 bits per heavy atom. The third-order valence-electron chi connectivity index (χ3n) is 4.00. The van der Waals surface area contributed by atoms with Gasteiger partial charge >= 0.3 is 5.97 Å². The number of carbonyl (C=O) groups excluding carboxylic acids is 2. The summed E-state index contributed by atoms with van der Waals surface area (Å²) in [6.45, 7) is 2.81. The van der Waals surface area contributed by atoms with Crippen LogP contribution in [0.2, 0.25) is 0 Å². The molecular weight excluding hydrogens is 300 g/mol. The molecule has 3 rings (SSSR count). The molecule has 1 aromatic heterocycles. The monoisotopic (exact) mass is 320 g/mol. The van der Waals surface area contributed by atoms with Crippen molar-refractivity contribution in [2.75, 3.05) is 44.3 Å². The molecular formula is C15H20N4O4. The number of ether oxygens (including phenoxy) is 2. The van der Waals surface area contributed by atoms with E-state index in [2.05, 4.69) is 9.97 Å². The van der Waals surface area contributed by atoms with E-state index >= 15 is 0 Å². The Morgan fingerprint density at radius 2 is 1.96 bits per heavy atom. The van der Waals surface area contributed by atoms with E-state index in [1.165, 1.54) is 0 Å². The number of anilines is 1. The van der Waals surface area contributed by atoms with Gasteiger partial charge in [-0.1, -0.05) is 0 Å². The molecule has 124 valence electrons. The first kappa shape index (κ1) is 15.7. The highest BCUT2D eigenvalue weighted by Crippen LogP contribution is 2.14. The third kappa shape index (κ3) is 3.95. The number of rotatable bonds is 4. The first-order valence-electron chi connectivity index (χ1n) is 7.82. The highest BCUT2D eigenvalue weighted by Gasteiger charge is 2.27. The lowest BCUT2D eigenvalue weighted by molar-refractivity contribution is -0.159. The Balaban J connectivity index is 1.42. The Morgan fingerprint density at radius 1 is 1.22 bits per heavy atom. The van der Waals surface area contributed by atoms with E-state index in [0.29, 0.717) is 45.2 Å². The van der Waals surface area contributed by atoms with E-state index in [4.69, 9.17) is 9.47 Å². The first-order valence-corrected chi connectivity index (χ1v) is 7.82. The van der Waals surface area contributed by atoms with Crippen LogP contribution in [0.25, 0.3) is 0 Å². The van der Waals surface area contributed by atoms with Crippen molar-refractivity contribution in [2.45, 2.75) is 18.9 Å². The van der Waals surface area contributed by atoms with Crippen LogP contribution in [-0.2, 0) is 19.1 Å². The van der Waals surface area contributed by atoms with Crippen molar-refractivity contribution in [1.82, 2.24) is 14.9 Å².